The Labute approximate surface area is 45.2 Å². The summed E-state index contributed by atoms with van der Waals surface area (Å²) in [5.74, 6) is 0.804. The average molecular weight is 109 g/mol. The summed E-state index contributed by atoms with van der Waals surface area (Å²) < 4.78 is 4.72. The maximum atomic E-state index is 4.72. The summed E-state index contributed by atoms with van der Waals surface area (Å²) in [5, 5.41) is 9.81. The predicted octanol–water partition coefficient (Wildman–Crippen LogP) is 0.133. The van der Waals surface area contributed by atoms with Crippen LogP contribution in [0.1, 0.15) is 5.69 Å². The molecule has 1 aromatic heterocycles. The van der Waals surface area contributed by atoms with Gasteiger partial charge in [-0.15, -0.1) is 0 Å². The quantitative estimate of drug-likeness (QED) is 0.557. The highest BCUT2D eigenvalue weighted by Gasteiger charge is 2.14. The molecule has 1 aromatic rings. The normalized spacial score (nSPS) is 14.8. The first-order chi connectivity index (χ1) is 3.97. The predicted molar refractivity (Wildman–Crippen MR) is 25.4 cm³/mol. The molecular weight excluding hydrogens is 106 g/mol. The van der Waals surface area contributed by atoms with Crippen molar-refractivity contribution in [1.82, 2.24) is 15.4 Å². The van der Waals surface area contributed by atoms with Crippen molar-refractivity contribution in [2.75, 3.05) is 0 Å². The summed E-state index contributed by atoms with van der Waals surface area (Å²) in [6.45, 7) is 0. The Morgan fingerprint density at radius 1 is 1.62 bits per heavy atom. The van der Waals surface area contributed by atoms with Crippen molar-refractivity contribution >= 4 is 5.76 Å². The fraction of sp³-hybridized carbons (Fsp3) is 0. The third kappa shape index (κ3) is 0.394. The molecule has 0 aliphatic carbocycles. The van der Waals surface area contributed by atoms with Crippen LogP contribution in [0.4, 0.5) is 0 Å². The number of nitrogens with zero attached hydrogens (tertiary/aromatic N) is 2. The molecule has 1 aliphatic heterocycles. The van der Waals surface area contributed by atoms with Crippen molar-refractivity contribution in [2.45, 2.75) is 0 Å². The van der Waals surface area contributed by atoms with Crippen LogP contribution in [0.5, 0.6) is 0 Å². The van der Waals surface area contributed by atoms with Crippen LogP contribution in [0, 0.1) is 0 Å². The molecule has 1 aliphatic rings. The second-order valence-corrected chi connectivity index (χ2v) is 1.46. The fourth-order valence-electron chi connectivity index (χ4n) is 0.471. The molecule has 0 saturated carbocycles. The summed E-state index contributed by atoms with van der Waals surface area (Å²) in [6.07, 6.45) is 3.23. The standard InChI is InChI=1S/C4H3N3O/c1-3(4-2-8-4)6-7-5-1/h1-2H,(H,5,6,7). The van der Waals surface area contributed by atoms with Crippen LogP contribution < -0.4 is 0 Å². The molecule has 8 heavy (non-hydrogen) atoms. The number of rotatable bonds is 1. The van der Waals surface area contributed by atoms with Crippen molar-refractivity contribution in [2.24, 2.45) is 0 Å². The Bertz CT molecular complexity index is 213. The Hall–Kier alpha value is -1.32. The van der Waals surface area contributed by atoms with Crippen molar-refractivity contribution in [3.8, 4) is 0 Å². The largest absolute Gasteiger partial charge is 0.455 e. The molecule has 2 heterocycles. The van der Waals surface area contributed by atoms with Gasteiger partial charge in [0.15, 0.2) is 11.5 Å². The highest BCUT2D eigenvalue weighted by molar-refractivity contribution is 5.62. The van der Waals surface area contributed by atoms with Crippen LogP contribution in [0.3, 0.4) is 0 Å². The molecule has 40 valence electrons. The summed E-state index contributed by atoms with van der Waals surface area (Å²) >= 11 is 0. The van der Waals surface area contributed by atoms with Crippen molar-refractivity contribution in [3.63, 3.8) is 0 Å². The Morgan fingerprint density at radius 2 is 2.50 bits per heavy atom. The lowest BCUT2D eigenvalue weighted by Gasteiger charge is -1.72. The highest BCUT2D eigenvalue weighted by atomic mass is 16.5. The van der Waals surface area contributed by atoms with Crippen molar-refractivity contribution in [3.05, 3.63) is 18.2 Å². The first-order valence-electron chi connectivity index (χ1n) is 2.20. The number of hydrogen-bond donors (Lipinski definition) is 1. The van der Waals surface area contributed by atoms with Crippen LogP contribution in [0.15, 0.2) is 12.5 Å². The van der Waals surface area contributed by atoms with Gasteiger partial charge < -0.3 is 4.74 Å². The van der Waals surface area contributed by atoms with Gasteiger partial charge in [-0.1, -0.05) is 0 Å². The summed E-state index contributed by atoms with van der Waals surface area (Å²) in [5.41, 5.74) is 0.769. The van der Waals surface area contributed by atoms with E-state index in [0.717, 1.165) is 11.5 Å². The first kappa shape index (κ1) is 3.65. The van der Waals surface area contributed by atoms with E-state index < -0.39 is 0 Å². The molecule has 0 saturated heterocycles. The van der Waals surface area contributed by atoms with Crippen LogP contribution in [0.25, 0.3) is 5.76 Å². The lowest BCUT2D eigenvalue weighted by atomic mass is 10.5. The molecule has 0 unspecified atom stereocenters. The molecule has 4 nitrogen and oxygen atoms in total. The molecule has 0 spiro atoms. The third-order valence-corrected chi connectivity index (χ3v) is 0.903. The van der Waals surface area contributed by atoms with Gasteiger partial charge in [0.25, 0.3) is 0 Å². The van der Waals surface area contributed by atoms with E-state index in [-0.39, 0.29) is 0 Å². The van der Waals surface area contributed by atoms with Gasteiger partial charge in [-0.2, -0.15) is 15.4 Å². The van der Waals surface area contributed by atoms with Crippen LogP contribution in [-0.4, -0.2) is 15.4 Å². The lowest BCUT2D eigenvalue weighted by Crippen LogP contribution is -1.71. The molecule has 0 aromatic carbocycles. The minimum absolute atomic E-state index is 0.769. The first-order valence-corrected chi connectivity index (χ1v) is 2.20. The summed E-state index contributed by atoms with van der Waals surface area (Å²) in [7, 11) is 0. The van der Waals surface area contributed by atoms with Crippen LogP contribution >= 0.6 is 0 Å². The van der Waals surface area contributed by atoms with E-state index in [1.165, 1.54) is 0 Å². The van der Waals surface area contributed by atoms with Gasteiger partial charge in [0.2, 0.25) is 0 Å². The van der Waals surface area contributed by atoms with Gasteiger partial charge in [0.05, 0.1) is 6.20 Å². The van der Waals surface area contributed by atoms with Gasteiger partial charge in [-0.05, 0) is 0 Å². The van der Waals surface area contributed by atoms with E-state index in [2.05, 4.69) is 15.4 Å². The smallest absolute Gasteiger partial charge is 0.190 e. The number of aromatic nitrogens is 3. The van der Waals surface area contributed by atoms with Crippen molar-refractivity contribution in [1.29, 1.82) is 0 Å². The van der Waals surface area contributed by atoms with E-state index in [1.54, 1.807) is 12.5 Å². The zero-order valence-electron chi connectivity index (χ0n) is 3.96. The summed E-state index contributed by atoms with van der Waals surface area (Å²) in [6, 6.07) is 0. The van der Waals surface area contributed by atoms with E-state index in [0.29, 0.717) is 0 Å². The number of hydrogen-bond acceptors (Lipinski definition) is 3. The fourth-order valence-corrected chi connectivity index (χ4v) is 0.471. The third-order valence-electron chi connectivity index (χ3n) is 0.903. The Kier molecular flexibility index (Phi) is 0.498. The van der Waals surface area contributed by atoms with Crippen molar-refractivity contribution < 1.29 is 4.74 Å². The van der Waals surface area contributed by atoms with Crippen LogP contribution in [-0.2, 0) is 4.74 Å². The van der Waals surface area contributed by atoms with Gasteiger partial charge in [-0.3, -0.25) is 0 Å². The molecule has 4 heteroatoms. The topological polar surface area (TPSA) is 54.1 Å². The zero-order valence-corrected chi connectivity index (χ0v) is 3.96. The second-order valence-electron chi connectivity index (χ2n) is 1.46. The molecule has 0 radical (unpaired) electrons. The monoisotopic (exact) mass is 109 g/mol. The SMILES string of the molecule is C1=C(c2cn[nH]n2)O1. The van der Waals surface area contributed by atoms with Gasteiger partial charge in [0, 0.05) is 0 Å². The number of H-pyrrole nitrogens is 1. The number of nitrogens with one attached hydrogen (secondary N) is 1. The molecular formula is C4H3N3O. The molecule has 0 fully saturated rings. The van der Waals surface area contributed by atoms with E-state index in [1.807, 2.05) is 0 Å². The summed E-state index contributed by atoms with van der Waals surface area (Å²) in [4.78, 5) is 0. The minimum Gasteiger partial charge on any atom is -0.455 e. The van der Waals surface area contributed by atoms with Gasteiger partial charge in [-0.25, -0.2) is 0 Å². The van der Waals surface area contributed by atoms with E-state index in [4.69, 9.17) is 4.74 Å². The molecule has 0 atom stereocenters. The Balaban J connectivity index is 2.41. The maximum Gasteiger partial charge on any atom is 0.190 e. The van der Waals surface area contributed by atoms with Gasteiger partial charge >= 0.3 is 0 Å². The number of aromatic amines is 1. The molecule has 0 amide bonds. The minimum atomic E-state index is 0.769. The second kappa shape index (κ2) is 1.09. The van der Waals surface area contributed by atoms with E-state index >= 15 is 0 Å². The average Bonchev–Trinajstić information content (AvgIpc) is 2.49. The molecule has 2 rings (SSSR count). The maximum absolute atomic E-state index is 4.72. The molecule has 0 bridgehead atoms. The zero-order chi connectivity index (χ0) is 5.40. The van der Waals surface area contributed by atoms with Gasteiger partial charge in [0.1, 0.15) is 6.26 Å². The molecule has 1 N–H and O–H groups in total. The number of ether oxygens (including phenoxy) is 1. The van der Waals surface area contributed by atoms with Crippen LogP contribution in [0.2, 0.25) is 0 Å². The Morgan fingerprint density at radius 3 is 3.00 bits per heavy atom. The lowest BCUT2D eigenvalue weighted by molar-refractivity contribution is 0.561. The highest BCUT2D eigenvalue weighted by Crippen LogP contribution is 2.23. The van der Waals surface area contributed by atoms with E-state index in [9.17, 15) is 0 Å².